The number of hydrogen-bond acceptors (Lipinski definition) is 0. The van der Waals surface area contributed by atoms with Crippen LogP contribution in [0.4, 0.5) is 13.2 Å². The molecule has 0 saturated carbocycles. The molecule has 0 amide bonds. The average Bonchev–Trinajstić information content (AvgIpc) is 2.27. The zero-order valence-corrected chi connectivity index (χ0v) is 12.0. The predicted octanol–water partition coefficient (Wildman–Crippen LogP) is 5.44. The van der Waals surface area contributed by atoms with Crippen LogP contribution in [0.3, 0.4) is 0 Å². The molecule has 0 heterocycles. The van der Waals surface area contributed by atoms with Crippen molar-refractivity contribution in [2.24, 2.45) is 0 Å². The molecule has 0 radical (unpaired) electrons. The van der Waals surface area contributed by atoms with Crippen LogP contribution in [0.25, 0.3) is 0 Å². The van der Waals surface area contributed by atoms with Gasteiger partial charge in [0.25, 0.3) is 0 Å². The highest BCUT2D eigenvalue weighted by Gasteiger charge is 2.19. The van der Waals surface area contributed by atoms with Crippen LogP contribution in [0, 0.1) is 17.5 Å². The SMILES string of the molecule is Fc1cc(F)c(C(Br)Cc2cccc(Cl)c2)c(F)c1. The topological polar surface area (TPSA) is 0 Å². The molecule has 5 heteroatoms. The summed E-state index contributed by atoms with van der Waals surface area (Å²) in [5.74, 6) is -2.73. The second-order valence-electron chi connectivity index (χ2n) is 4.08. The fraction of sp³-hybridized carbons (Fsp3) is 0.143. The van der Waals surface area contributed by atoms with Crippen LogP contribution in [0.2, 0.25) is 5.02 Å². The molecular formula is C14H9BrClF3. The first-order chi connectivity index (χ1) is 8.97. The largest absolute Gasteiger partial charge is 0.207 e. The number of hydrogen-bond donors (Lipinski definition) is 0. The molecule has 2 aromatic carbocycles. The van der Waals surface area contributed by atoms with Crippen molar-refractivity contribution in [3.8, 4) is 0 Å². The normalized spacial score (nSPS) is 12.5. The number of benzene rings is 2. The second-order valence-corrected chi connectivity index (χ2v) is 5.63. The van der Waals surface area contributed by atoms with Crippen LogP contribution in [-0.4, -0.2) is 0 Å². The Balaban J connectivity index is 2.28. The smallest absolute Gasteiger partial charge is 0.133 e. The minimum atomic E-state index is -0.929. The molecule has 0 N–H and O–H groups in total. The van der Waals surface area contributed by atoms with E-state index in [1.54, 1.807) is 24.3 Å². The molecule has 1 unspecified atom stereocenters. The summed E-state index contributed by atoms with van der Waals surface area (Å²) in [6.45, 7) is 0. The summed E-state index contributed by atoms with van der Waals surface area (Å²) in [7, 11) is 0. The van der Waals surface area contributed by atoms with Gasteiger partial charge in [0.05, 0.1) is 0 Å². The molecular weight excluding hydrogens is 341 g/mol. The van der Waals surface area contributed by atoms with Crippen molar-refractivity contribution in [2.45, 2.75) is 11.2 Å². The number of halogens is 5. The minimum absolute atomic E-state index is 0.179. The van der Waals surface area contributed by atoms with Crippen LogP contribution in [0.5, 0.6) is 0 Å². The van der Waals surface area contributed by atoms with Crippen LogP contribution < -0.4 is 0 Å². The lowest BCUT2D eigenvalue weighted by atomic mass is 10.0. The van der Waals surface area contributed by atoms with Gasteiger partial charge in [0.2, 0.25) is 0 Å². The highest BCUT2D eigenvalue weighted by molar-refractivity contribution is 9.09. The molecule has 0 aliphatic rings. The van der Waals surface area contributed by atoms with Gasteiger partial charge in [-0.3, -0.25) is 0 Å². The first-order valence-corrected chi connectivity index (χ1v) is 6.79. The van der Waals surface area contributed by atoms with E-state index in [2.05, 4.69) is 15.9 Å². The standard InChI is InChI=1S/C14H9BrClF3/c15-11(5-8-2-1-3-9(16)4-8)14-12(18)6-10(17)7-13(14)19/h1-4,6-7,11H,5H2. The van der Waals surface area contributed by atoms with Gasteiger partial charge in [0, 0.05) is 27.5 Å². The van der Waals surface area contributed by atoms with Gasteiger partial charge >= 0.3 is 0 Å². The summed E-state index contributed by atoms with van der Waals surface area (Å²) >= 11 is 9.07. The third kappa shape index (κ3) is 3.51. The highest BCUT2D eigenvalue weighted by atomic mass is 79.9. The van der Waals surface area contributed by atoms with Crippen molar-refractivity contribution < 1.29 is 13.2 Å². The fourth-order valence-corrected chi connectivity index (χ4v) is 2.85. The molecule has 0 bridgehead atoms. The minimum Gasteiger partial charge on any atom is -0.207 e. The van der Waals surface area contributed by atoms with Crippen LogP contribution in [0.15, 0.2) is 36.4 Å². The third-order valence-corrected chi connectivity index (χ3v) is 3.68. The Morgan fingerprint density at radius 1 is 1.05 bits per heavy atom. The Morgan fingerprint density at radius 3 is 2.26 bits per heavy atom. The quantitative estimate of drug-likeness (QED) is 0.648. The zero-order chi connectivity index (χ0) is 14.0. The maximum absolute atomic E-state index is 13.6. The van der Waals surface area contributed by atoms with E-state index in [0.717, 1.165) is 5.56 Å². The van der Waals surface area contributed by atoms with Crippen LogP contribution in [-0.2, 0) is 6.42 Å². The molecule has 0 aliphatic carbocycles. The third-order valence-electron chi connectivity index (χ3n) is 2.66. The van der Waals surface area contributed by atoms with Gasteiger partial charge < -0.3 is 0 Å². The van der Waals surface area contributed by atoms with E-state index in [4.69, 9.17) is 11.6 Å². The lowest BCUT2D eigenvalue weighted by Crippen LogP contribution is -2.03. The van der Waals surface area contributed by atoms with Gasteiger partial charge in [0.15, 0.2) is 0 Å². The zero-order valence-electron chi connectivity index (χ0n) is 9.64. The van der Waals surface area contributed by atoms with Crippen molar-refractivity contribution in [1.82, 2.24) is 0 Å². The Morgan fingerprint density at radius 2 is 1.68 bits per heavy atom. The molecule has 0 aliphatic heterocycles. The van der Waals surface area contributed by atoms with E-state index >= 15 is 0 Å². The molecule has 100 valence electrons. The molecule has 0 saturated heterocycles. The van der Waals surface area contributed by atoms with Crippen molar-refractivity contribution in [3.63, 3.8) is 0 Å². The average molecular weight is 350 g/mol. The number of alkyl halides is 1. The molecule has 0 nitrogen and oxygen atoms in total. The summed E-state index contributed by atoms with van der Waals surface area (Å²) < 4.78 is 40.1. The monoisotopic (exact) mass is 348 g/mol. The molecule has 0 spiro atoms. The molecule has 0 fully saturated rings. The maximum atomic E-state index is 13.6. The first-order valence-electron chi connectivity index (χ1n) is 5.50. The highest BCUT2D eigenvalue weighted by Crippen LogP contribution is 2.32. The van der Waals surface area contributed by atoms with Gasteiger partial charge in [-0.2, -0.15) is 0 Å². The van der Waals surface area contributed by atoms with Gasteiger partial charge in [-0.05, 0) is 24.1 Å². The summed E-state index contributed by atoms with van der Waals surface area (Å²) in [6.07, 6.45) is 0.347. The molecule has 0 aromatic heterocycles. The Bertz CT molecular complexity index is 578. The predicted molar refractivity (Wildman–Crippen MR) is 73.1 cm³/mol. The molecule has 19 heavy (non-hydrogen) atoms. The fourth-order valence-electron chi connectivity index (χ4n) is 1.83. The summed E-state index contributed by atoms with van der Waals surface area (Å²) in [4.78, 5) is -0.591. The van der Waals surface area contributed by atoms with Gasteiger partial charge in [-0.25, -0.2) is 13.2 Å². The Labute approximate surface area is 122 Å². The molecule has 1 atom stereocenters. The van der Waals surface area contributed by atoms with E-state index in [9.17, 15) is 13.2 Å². The lowest BCUT2D eigenvalue weighted by molar-refractivity contribution is 0.522. The van der Waals surface area contributed by atoms with Crippen molar-refractivity contribution in [3.05, 3.63) is 70.0 Å². The summed E-state index contributed by atoms with van der Waals surface area (Å²) in [5, 5.41) is 0.553. The van der Waals surface area contributed by atoms with E-state index in [1.807, 2.05) is 0 Å². The number of rotatable bonds is 3. The van der Waals surface area contributed by atoms with Crippen LogP contribution >= 0.6 is 27.5 Å². The Kier molecular flexibility index (Phi) is 4.53. The Hall–Kier alpha value is -1.00. The molecule has 2 rings (SSSR count). The second kappa shape index (κ2) is 5.97. The van der Waals surface area contributed by atoms with Crippen LogP contribution in [0.1, 0.15) is 16.0 Å². The summed E-state index contributed by atoms with van der Waals surface area (Å²) in [6, 6.07) is 8.34. The van der Waals surface area contributed by atoms with Gasteiger partial charge in [-0.1, -0.05) is 39.7 Å². The van der Waals surface area contributed by atoms with Gasteiger partial charge in [-0.15, -0.1) is 0 Å². The summed E-state index contributed by atoms with van der Waals surface area (Å²) in [5.41, 5.74) is 0.652. The molecule has 2 aromatic rings. The van der Waals surface area contributed by atoms with Crippen molar-refractivity contribution in [2.75, 3.05) is 0 Å². The van der Waals surface area contributed by atoms with Gasteiger partial charge in [0.1, 0.15) is 17.5 Å². The lowest BCUT2D eigenvalue weighted by Gasteiger charge is -2.13. The maximum Gasteiger partial charge on any atom is 0.133 e. The van der Waals surface area contributed by atoms with Crippen molar-refractivity contribution in [1.29, 1.82) is 0 Å². The van der Waals surface area contributed by atoms with Crippen molar-refractivity contribution >= 4 is 27.5 Å². The van der Waals surface area contributed by atoms with E-state index in [-0.39, 0.29) is 5.56 Å². The van der Waals surface area contributed by atoms with E-state index in [1.165, 1.54) is 0 Å². The van der Waals surface area contributed by atoms with E-state index in [0.29, 0.717) is 23.6 Å². The first kappa shape index (κ1) is 14.4. The van der Waals surface area contributed by atoms with E-state index < -0.39 is 22.3 Å².